The van der Waals surface area contributed by atoms with E-state index in [1.165, 1.54) is 12.8 Å². The summed E-state index contributed by atoms with van der Waals surface area (Å²) in [6, 6.07) is 0.690. The van der Waals surface area contributed by atoms with Crippen LogP contribution in [0.15, 0.2) is 0 Å². The molecule has 0 aliphatic carbocycles. The molecular formula is C12H27N. The third-order valence-electron chi connectivity index (χ3n) is 3.51. The number of rotatable bonds is 6. The van der Waals surface area contributed by atoms with E-state index in [0.717, 1.165) is 17.8 Å². The second-order valence-electron chi connectivity index (χ2n) is 4.49. The molecule has 0 saturated carbocycles. The maximum absolute atomic E-state index is 3.49. The van der Waals surface area contributed by atoms with Crippen molar-refractivity contribution >= 4 is 0 Å². The summed E-state index contributed by atoms with van der Waals surface area (Å²) < 4.78 is 0. The lowest BCUT2D eigenvalue weighted by Gasteiger charge is -2.32. The van der Waals surface area contributed by atoms with Gasteiger partial charge in [-0.1, -0.05) is 47.5 Å². The topological polar surface area (TPSA) is 12.0 Å². The average Bonchev–Trinajstić information content (AvgIpc) is 2.12. The predicted molar refractivity (Wildman–Crippen MR) is 60.9 cm³/mol. The van der Waals surface area contributed by atoms with E-state index in [9.17, 15) is 0 Å². The third kappa shape index (κ3) is 3.68. The fourth-order valence-electron chi connectivity index (χ4n) is 2.14. The Morgan fingerprint density at radius 1 is 1.00 bits per heavy atom. The first-order chi connectivity index (χ1) is 6.08. The minimum Gasteiger partial charge on any atom is -0.316 e. The maximum atomic E-state index is 3.49. The number of hydrogen-bond donors (Lipinski definition) is 1. The summed E-state index contributed by atoms with van der Waals surface area (Å²) in [5.74, 6) is 2.38. The van der Waals surface area contributed by atoms with Gasteiger partial charge in [-0.25, -0.2) is 0 Å². The number of nitrogens with one attached hydrogen (secondary N) is 1. The maximum Gasteiger partial charge on any atom is 0.0120 e. The lowest BCUT2D eigenvalue weighted by molar-refractivity contribution is 0.223. The van der Waals surface area contributed by atoms with Crippen LogP contribution in [-0.2, 0) is 0 Å². The molecule has 1 N–H and O–H groups in total. The molecule has 0 aromatic heterocycles. The van der Waals surface area contributed by atoms with Gasteiger partial charge in [0.1, 0.15) is 0 Å². The van der Waals surface area contributed by atoms with Gasteiger partial charge in [0, 0.05) is 6.04 Å². The van der Waals surface area contributed by atoms with Crippen molar-refractivity contribution in [2.75, 3.05) is 7.05 Å². The Balaban J connectivity index is 4.29. The van der Waals surface area contributed by atoms with Crippen LogP contribution in [-0.4, -0.2) is 13.1 Å². The van der Waals surface area contributed by atoms with Gasteiger partial charge < -0.3 is 5.32 Å². The second kappa shape index (κ2) is 6.42. The van der Waals surface area contributed by atoms with Crippen molar-refractivity contribution in [2.45, 2.75) is 53.5 Å². The van der Waals surface area contributed by atoms with E-state index < -0.39 is 0 Å². The molecule has 0 aromatic carbocycles. The quantitative estimate of drug-likeness (QED) is 0.669. The van der Waals surface area contributed by atoms with Crippen molar-refractivity contribution < 1.29 is 0 Å². The Bertz CT molecular complexity index is 114. The minimum absolute atomic E-state index is 0.690. The molecule has 0 saturated heterocycles. The van der Waals surface area contributed by atoms with Crippen LogP contribution in [0, 0.1) is 17.8 Å². The molecule has 0 aromatic rings. The summed E-state index contributed by atoms with van der Waals surface area (Å²) in [5, 5.41) is 3.49. The van der Waals surface area contributed by atoms with Crippen molar-refractivity contribution in [3.05, 3.63) is 0 Å². The van der Waals surface area contributed by atoms with E-state index in [1.54, 1.807) is 0 Å². The summed E-state index contributed by atoms with van der Waals surface area (Å²) >= 11 is 0. The molecule has 0 aliphatic heterocycles. The van der Waals surface area contributed by atoms with Crippen molar-refractivity contribution in [2.24, 2.45) is 17.8 Å². The highest BCUT2D eigenvalue weighted by molar-refractivity contribution is 4.80. The van der Waals surface area contributed by atoms with E-state index in [1.807, 2.05) is 0 Å². The van der Waals surface area contributed by atoms with Crippen LogP contribution in [0.1, 0.15) is 47.5 Å². The van der Waals surface area contributed by atoms with Crippen LogP contribution in [0.5, 0.6) is 0 Å². The highest BCUT2D eigenvalue weighted by atomic mass is 14.9. The van der Waals surface area contributed by atoms with Gasteiger partial charge in [0.05, 0.1) is 0 Å². The van der Waals surface area contributed by atoms with Crippen LogP contribution in [0.2, 0.25) is 0 Å². The molecule has 0 heterocycles. The zero-order valence-corrected chi connectivity index (χ0v) is 10.2. The monoisotopic (exact) mass is 185 g/mol. The molecule has 13 heavy (non-hydrogen) atoms. The summed E-state index contributed by atoms with van der Waals surface area (Å²) in [4.78, 5) is 0. The molecule has 2 atom stereocenters. The Hall–Kier alpha value is -0.0400. The normalized spacial score (nSPS) is 16.6. The van der Waals surface area contributed by atoms with Gasteiger partial charge in [-0.3, -0.25) is 0 Å². The number of hydrogen-bond acceptors (Lipinski definition) is 1. The standard InChI is InChI=1S/C12H27N/c1-7-11(8-2)12(13-6)10(5)9(3)4/h9-13H,7-8H2,1-6H3. The first-order valence-electron chi connectivity index (χ1n) is 5.75. The fourth-order valence-corrected chi connectivity index (χ4v) is 2.14. The minimum atomic E-state index is 0.690. The van der Waals surface area contributed by atoms with E-state index in [-0.39, 0.29) is 0 Å². The van der Waals surface area contributed by atoms with Crippen LogP contribution in [0.4, 0.5) is 0 Å². The van der Waals surface area contributed by atoms with Crippen molar-refractivity contribution in [1.29, 1.82) is 0 Å². The van der Waals surface area contributed by atoms with Crippen molar-refractivity contribution in [3.8, 4) is 0 Å². The summed E-state index contributed by atoms with van der Waals surface area (Å²) in [6.45, 7) is 11.6. The van der Waals surface area contributed by atoms with Gasteiger partial charge in [-0.05, 0) is 24.8 Å². The molecule has 1 heteroatoms. The Morgan fingerprint density at radius 3 is 1.69 bits per heavy atom. The molecule has 0 amide bonds. The molecule has 0 spiro atoms. The molecule has 0 radical (unpaired) electrons. The molecule has 0 aliphatic rings. The molecule has 0 fully saturated rings. The Morgan fingerprint density at radius 2 is 1.46 bits per heavy atom. The SMILES string of the molecule is CCC(CC)C(NC)C(C)C(C)C. The zero-order valence-electron chi connectivity index (χ0n) is 10.2. The van der Waals surface area contributed by atoms with Crippen molar-refractivity contribution in [3.63, 3.8) is 0 Å². The lowest BCUT2D eigenvalue weighted by Crippen LogP contribution is -2.40. The molecule has 0 rings (SSSR count). The zero-order chi connectivity index (χ0) is 10.4. The summed E-state index contributed by atoms with van der Waals surface area (Å²) in [5.41, 5.74) is 0. The molecule has 0 bridgehead atoms. The largest absolute Gasteiger partial charge is 0.316 e. The molecule has 80 valence electrons. The van der Waals surface area contributed by atoms with Gasteiger partial charge in [0.2, 0.25) is 0 Å². The summed E-state index contributed by atoms with van der Waals surface area (Å²) in [6.07, 6.45) is 2.58. The van der Waals surface area contributed by atoms with E-state index in [4.69, 9.17) is 0 Å². The third-order valence-corrected chi connectivity index (χ3v) is 3.51. The molecular weight excluding hydrogens is 158 g/mol. The second-order valence-corrected chi connectivity index (χ2v) is 4.49. The first kappa shape index (κ1) is 13.0. The van der Waals surface area contributed by atoms with Crippen molar-refractivity contribution in [1.82, 2.24) is 5.32 Å². The van der Waals surface area contributed by atoms with Gasteiger partial charge in [-0.15, -0.1) is 0 Å². The fraction of sp³-hybridized carbons (Fsp3) is 1.00. The highest BCUT2D eigenvalue weighted by Gasteiger charge is 2.24. The van der Waals surface area contributed by atoms with Crippen LogP contribution in [0.25, 0.3) is 0 Å². The highest BCUT2D eigenvalue weighted by Crippen LogP contribution is 2.24. The Kier molecular flexibility index (Phi) is 6.40. The lowest BCUT2D eigenvalue weighted by atomic mass is 9.80. The molecule has 1 nitrogen and oxygen atoms in total. The smallest absolute Gasteiger partial charge is 0.0120 e. The van der Waals surface area contributed by atoms with Crippen LogP contribution >= 0.6 is 0 Å². The van der Waals surface area contributed by atoms with Crippen LogP contribution in [0.3, 0.4) is 0 Å². The first-order valence-corrected chi connectivity index (χ1v) is 5.75. The van der Waals surface area contributed by atoms with Crippen LogP contribution < -0.4 is 5.32 Å². The molecule has 2 unspecified atom stereocenters. The van der Waals surface area contributed by atoms with Gasteiger partial charge in [0.25, 0.3) is 0 Å². The predicted octanol–water partition coefficient (Wildman–Crippen LogP) is 3.30. The Labute approximate surface area is 84.3 Å². The van der Waals surface area contributed by atoms with E-state index in [0.29, 0.717) is 6.04 Å². The summed E-state index contributed by atoms with van der Waals surface area (Å²) in [7, 11) is 2.10. The van der Waals surface area contributed by atoms with Gasteiger partial charge >= 0.3 is 0 Å². The van der Waals surface area contributed by atoms with E-state index in [2.05, 4.69) is 47.0 Å². The average molecular weight is 185 g/mol. The van der Waals surface area contributed by atoms with Gasteiger partial charge in [-0.2, -0.15) is 0 Å². The van der Waals surface area contributed by atoms with E-state index >= 15 is 0 Å². The van der Waals surface area contributed by atoms with Gasteiger partial charge in [0.15, 0.2) is 0 Å².